The van der Waals surface area contributed by atoms with Gasteiger partial charge in [0.1, 0.15) is 5.75 Å². The molecule has 0 radical (unpaired) electrons. The van der Waals surface area contributed by atoms with Crippen LogP contribution in [0.5, 0.6) is 5.75 Å². The number of benzene rings is 2. The highest BCUT2D eigenvalue weighted by atomic mass is 32.2. The molecule has 0 spiro atoms. The Kier molecular flexibility index (Phi) is 8.53. The molecule has 4 rings (SSSR count). The van der Waals surface area contributed by atoms with E-state index in [9.17, 15) is 13.2 Å². The summed E-state index contributed by atoms with van der Waals surface area (Å²) in [5.41, 5.74) is 3.48. The van der Waals surface area contributed by atoms with Crippen LogP contribution < -0.4 is 10.2 Å². The highest BCUT2D eigenvalue weighted by Crippen LogP contribution is 2.36. The molecule has 37 heavy (non-hydrogen) atoms. The van der Waals surface area contributed by atoms with Gasteiger partial charge in [0, 0.05) is 30.1 Å². The average Bonchev–Trinajstić information content (AvgIpc) is 3.39. The molecule has 0 bridgehead atoms. The first-order valence-electron chi connectivity index (χ1n) is 11.8. The number of aromatic nitrogens is 2. The lowest BCUT2D eigenvalue weighted by molar-refractivity contribution is -0.134. The van der Waals surface area contributed by atoms with Crippen LogP contribution in [0.4, 0.5) is 0 Å². The molecule has 2 heterocycles. The molecular formula is C25H29N3O7S2. The fourth-order valence-electron chi connectivity index (χ4n) is 4.24. The van der Waals surface area contributed by atoms with Crippen molar-refractivity contribution in [3.63, 3.8) is 0 Å². The van der Waals surface area contributed by atoms with Gasteiger partial charge in [-0.25, -0.2) is 13.9 Å². The summed E-state index contributed by atoms with van der Waals surface area (Å²) in [6.45, 7) is 2.59. The Hall–Kier alpha value is -2.93. The van der Waals surface area contributed by atoms with Crippen LogP contribution >= 0.6 is 11.8 Å². The fraction of sp³-hybridized carbons (Fsp3) is 0.400. The molecule has 1 saturated heterocycles. The minimum Gasteiger partial charge on any atom is -0.494 e. The number of carbonyl (C=O) groups is 1. The van der Waals surface area contributed by atoms with E-state index in [0.29, 0.717) is 37.0 Å². The van der Waals surface area contributed by atoms with Gasteiger partial charge in [-0.3, -0.25) is 10.0 Å². The Morgan fingerprint density at radius 3 is 2.54 bits per heavy atom. The van der Waals surface area contributed by atoms with Crippen molar-refractivity contribution in [2.45, 2.75) is 47.1 Å². The standard InChI is InChI=1S/C25H29N3O7S2/c1-17-16-19(36-2)7-10-21(17)23-27-26-22(35-23)4-3-13-34-18-5-8-20(9-6-18)37(31,32)25(24(29)28-30)11-14-33-15-12-25/h5-10,16,30H,3-4,11-15H2,1-2H3,(H,28,29). The van der Waals surface area contributed by atoms with Crippen LogP contribution in [0.2, 0.25) is 0 Å². The molecule has 10 nitrogen and oxygen atoms in total. The number of ether oxygens (including phenoxy) is 2. The van der Waals surface area contributed by atoms with Gasteiger partial charge in [-0.05, 0) is 80.5 Å². The van der Waals surface area contributed by atoms with E-state index in [-0.39, 0.29) is 31.0 Å². The highest BCUT2D eigenvalue weighted by Gasteiger charge is 2.52. The monoisotopic (exact) mass is 547 g/mol. The maximum Gasteiger partial charge on any atom is 0.265 e. The summed E-state index contributed by atoms with van der Waals surface area (Å²) >= 11 is 1.67. The van der Waals surface area contributed by atoms with Gasteiger partial charge in [0.25, 0.3) is 5.91 Å². The zero-order valence-corrected chi connectivity index (χ0v) is 22.2. The van der Waals surface area contributed by atoms with Crippen LogP contribution in [0, 0.1) is 6.92 Å². The van der Waals surface area contributed by atoms with Gasteiger partial charge in [-0.15, -0.1) is 22.0 Å². The molecule has 0 aliphatic carbocycles. The van der Waals surface area contributed by atoms with E-state index in [1.165, 1.54) is 22.5 Å². The minimum atomic E-state index is -4.08. The molecule has 1 fully saturated rings. The van der Waals surface area contributed by atoms with Crippen molar-refractivity contribution in [2.75, 3.05) is 26.1 Å². The molecule has 1 aliphatic rings. The van der Waals surface area contributed by atoms with Gasteiger partial charge < -0.3 is 13.9 Å². The van der Waals surface area contributed by atoms with Crippen molar-refractivity contribution >= 4 is 27.5 Å². The molecule has 1 amide bonds. The van der Waals surface area contributed by atoms with E-state index in [1.54, 1.807) is 23.9 Å². The van der Waals surface area contributed by atoms with Gasteiger partial charge >= 0.3 is 0 Å². The number of aryl methyl sites for hydroxylation is 2. The number of nitrogens with one attached hydrogen (secondary N) is 1. The molecule has 0 atom stereocenters. The van der Waals surface area contributed by atoms with Gasteiger partial charge in [0.15, 0.2) is 14.6 Å². The molecule has 0 unspecified atom stereocenters. The summed E-state index contributed by atoms with van der Waals surface area (Å²) in [5, 5.41) is 17.4. The third-order valence-electron chi connectivity index (χ3n) is 6.40. The van der Waals surface area contributed by atoms with Gasteiger partial charge in [0.2, 0.25) is 11.8 Å². The predicted molar refractivity (Wildman–Crippen MR) is 136 cm³/mol. The number of hydrogen-bond donors (Lipinski definition) is 2. The number of nitrogens with zero attached hydrogens (tertiary/aromatic N) is 2. The molecule has 198 valence electrons. The predicted octanol–water partition coefficient (Wildman–Crippen LogP) is 3.61. The number of amides is 1. The zero-order valence-electron chi connectivity index (χ0n) is 20.6. The molecular weight excluding hydrogens is 518 g/mol. The Morgan fingerprint density at radius 2 is 1.89 bits per heavy atom. The molecule has 3 aromatic rings. The summed E-state index contributed by atoms with van der Waals surface area (Å²) in [6.07, 6.45) is 3.09. The van der Waals surface area contributed by atoms with Crippen LogP contribution in [0.15, 0.2) is 56.7 Å². The maximum atomic E-state index is 13.3. The first-order chi connectivity index (χ1) is 17.8. The molecule has 12 heteroatoms. The number of thioether (sulfide) groups is 1. The maximum absolute atomic E-state index is 13.3. The van der Waals surface area contributed by atoms with Crippen LogP contribution in [-0.4, -0.2) is 60.6 Å². The first-order valence-corrected chi connectivity index (χ1v) is 14.5. The van der Waals surface area contributed by atoms with Crippen molar-refractivity contribution in [1.29, 1.82) is 0 Å². The molecule has 2 aromatic carbocycles. The number of carbonyl (C=O) groups excluding carboxylic acids is 1. The first kappa shape index (κ1) is 27.1. The largest absolute Gasteiger partial charge is 0.494 e. The lowest BCUT2D eigenvalue weighted by Gasteiger charge is -2.34. The van der Waals surface area contributed by atoms with E-state index in [1.807, 2.05) is 25.3 Å². The summed E-state index contributed by atoms with van der Waals surface area (Å²) < 4.78 is 41.6. The number of hydrogen-bond acceptors (Lipinski definition) is 10. The Labute approximate surface area is 219 Å². The Balaban J connectivity index is 1.33. The van der Waals surface area contributed by atoms with E-state index in [4.69, 9.17) is 19.1 Å². The molecule has 0 saturated carbocycles. The number of hydroxylamine groups is 1. The number of sulfone groups is 1. The van der Waals surface area contributed by atoms with Crippen LogP contribution in [0.3, 0.4) is 0 Å². The topological polar surface area (TPSA) is 141 Å². The quantitative estimate of drug-likeness (QED) is 0.167. The van der Waals surface area contributed by atoms with Crippen molar-refractivity contribution in [2.24, 2.45) is 0 Å². The van der Waals surface area contributed by atoms with Gasteiger partial charge in [-0.2, -0.15) is 0 Å². The Bertz CT molecular complexity index is 1330. The second-order valence-corrected chi connectivity index (χ2v) is 11.8. The second kappa shape index (κ2) is 11.6. The normalized spacial score (nSPS) is 15.3. The minimum absolute atomic E-state index is 0.0235. The van der Waals surface area contributed by atoms with E-state index < -0.39 is 20.5 Å². The van der Waals surface area contributed by atoms with Crippen LogP contribution in [0.25, 0.3) is 11.5 Å². The lowest BCUT2D eigenvalue weighted by atomic mass is 9.98. The number of rotatable bonds is 10. The van der Waals surface area contributed by atoms with Gasteiger partial charge in [0.05, 0.1) is 11.5 Å². The molecule has 1 aromatic heterocycles. The fourth-order valence-corrected chi connectivity index (χ4v) is 6.68. The summed E-state index contributed by atoms with van der Waals surface area (Å²) in [7, 11) is -4.08. The SMILES string of the molecule is CSc1ccc(-c2nnc(CCCOc3ccc(S(=O)(=O)C4(C(=O)NO)CCOCC4)cc3)o2)c(C)c1. The van der Waals surface area contributed by atoms with E-state index in [0.717, 1.165) is 11.1 Å². The van der Waals surface area contributed by atoms with Gasteiger partial charge in [-0.1, -0.05) is 0 Å². The van der Waals surface area contributed by atoms with Crippen LogP contribution in [-0.2, 0) is 25.8 Å². The van der Waals surface area contributed by atoms with Crippen molar-refractivity contribution in [3.05, 3.63) is 53.9 Å². The van der Waals surface area contributed by atoms with Crippen molar-refractivity contribution in [1.82, 2.24) is 15.7 Å². The summed E-state index contributed by atoms with van der Waals surface area (Å²) in [5.74, 6) is 0.530. The lowest BCUT2D eigenvalue weighted by Crippen LogP contribution is -2.54. The molecule has 2 N–H and O–H groups in total. The van der Waals surface area contributed by atoms with Crippen LogP contribution in [0.1, 0.15) is 30.7 Å². The third kappa shape index (κ3) is 5.66. The van der Waals surface area contributed by atoms with E-state index >= 15 is 0 Å². The third-order valence-corrected chi connectivity index (χ3v) is 9.64. The summed E-state index contributed by atoms with van der Waals surface area (Å²) in [4.78, 5) is 13.5. The second-order valence-electron chi connectivity index (χ2n) is 8.66. The average molecular weight is 548 g/mol. The zero-order chi connectivity index (χ0) is 26.5. The highest BCUT2D eigenvalue weighted by molar-refractivity contribution is 7.98. The molecule has 1 aliphatic heterocycles. The van der Waals surface area contributed by atoms with Crippen molar-refractivity contribution < 1.29 is 32.3 Å². The van der Waals surface area contributed by atoms with Crippen molar-refractivity contribution in [3.8, 4) is 17.2 Å². The van der Waals surface area contributed by atoms with E-state index in [2.05, 4.69) is 16.3 Å². The smallest absolute Gasteiger partial charge is 0.265 e. The Morgan fingerprint density at radius 1 is 1.16 bits per heavy atom. The summed E-state index contributed by atoms with van der Waals surface area (Å²) in [6, 6.07) is 12.0.